The van der Waals surface area contributed by atoms with Gasteiger partial charge in [-0.25, -0.2) is 0 Å². The molecule has 5 fully saturated rings. The summed E-state index contributed by atoms with van der Waals surface area (Å²) in [7, 11) is 0. The van der Waals surface area contributed by atoms with Gasteiger partial charge in [0.15, 0.2) is 0 Å². The molecule has 0 bridgehead atoms. The van der Waals surface area contributed by atoms with Crippen LogP contribution in [0.3, 0.4) is 0 Å². The first-order valence-corrected chi connectivity index (χ1v) is 15.1. The largest absolute Gasteiger partial charge is 0.299 e. The summed E-state index contributed by atoms with van der Waals surface area (Å²) in [6.07, 6.45) is 17.5. The molecular weight excluding hydrogens is 420 g/mol. The van der Waals surface area contributed by atoms with Crippen molar-refractivity contribution in [1.82, 2.24) is 9.80 Å². The fourth-order valence-corrected chi connectivity index (χ4v) is 9.04. The van der Waals surface area contributed by atoms with E-state index in [0.717, 1.165) is 25.9 Å². The Morgan fingerprint density at radius 1 is 0.529 bits per heavy atom. The fourth-order valence-electron chi connectivity index (χ4n) is 9.04. The summed E-state index contributed by atoms with van der Waals surface area (Å²) in [6.45, 7) is 8.77. The Morgan fingerprint density at radius 2 is 0.912 bits per heavy atom. The van der Waals surface area contributed by atoms with E-state index in [4.69, 9.17) is 0 Å². The Bertz CT molecular complexity index is 663. The molecular formula is C30H50N2O2. The SMILES string of the molecule is C[C@H]1CN2CCC[C@H]3CCCCC[C@H]4C(=O)[C@@H](C)CN5CCC[C@H](CCCCC[C@H](C1=O)[C@@H]32)[C@H]45. The third-order valence-corrected chi connectivity index (χ3v) is 10.6. The first-order valence-electron chi connectivity index (χ1n) is 15.1. The second-order valence-electron chi connectivity index (χ2n) is 12.9. The average Bonchev–Trinajstić information content (AvgIpc) is 2.82. The van der Waals surface area contributed by atoms with E-state index in [2.05, 4.69) is 23.6 Å². The van der Waals surface area contributed by atoms with Gasteiger partial charge in [0.25, 0.3) is 0 Å². The van der Waals surface area contributed by atoms with Crippen molar-refractivity contribution in [2.75, 3.05) is 26.2 Å². The number of nitrogens with zero attached hydrogens (tertiary/aromatic N) is 2. The minimum absolute atomic E-state index is 0.224. The Balaban J connectivity index is 1.31. The molecule has 0 N–H and O–H groups in total. The molecule has 0 unspecified atom stereocenters. The normalized spacial score (nSPS) is 43.7. The molecule has 0 amide bonds. The monoisotopic (exact) mass is 470 g/mol. The van der Waals surface area contributed by atoms with Crippen molar-refractivity contribution in [1.29, 1.82) is 0 Å². The molecule has 4 heterocycles. The van der Waals surface area contributed by atoms with Gasteiger partial charge in [-0.1, -0.05) is 52.4 Å². The Labute approximate surface area is 208 Å². The number of hydrogen-bond donors (Lipinski definition) is 0. The van der Waals surface area contributed by atoms with E-state index < -0.39 is 0 Å². The first kappa shape index (κ1) is 24.9. The van der Waals surface area contributed by atoms with Crippen LogP contribution in [0.25, 0.3) is 0 Å². The highest BCUT2D eigenvalue weighted by Gasteiger charge is 2.46. The molecule has 192 valence electrons. The van der Waals surface area contributed by atoms with E-state index in [1.807, 2.05) is 0 Å². The van der Waals surface area contributed by atoms with Crippen molar-refractivity contribution in [2.24, 2.45) is 35.5 Å². The Hall–Kier alpha value is -0.740. The zero-order chi connectivity index (χ0) is 23.7. The maximum Gasteiger partial charge on any atom is 0.141 e. The lowest BCUT2D eigenvalue weighted by molar-refractivity contribution is -0.138. The van der Waals surface area contributed by atoms with Gasteiger partial charge in [0.1, 0.15) is 11.6 Å². The van der Waals surface area contributed by atoms with Gasteiger partial charge in [0, 0.05) is 48.8 Å². The Kier molecular flexibility index (Phi) is 8.15. The number of ketones is 2. The lowest BCUT2D eigenvalue weighted by Gasteiger charge is -2.50. The van der Waals surface area contributed by atoms with E-state index in [1.54, 1.807) is 0 Å². The molecule has 1 saturated carbocycles. The molecule has 4 aliphatic heterocycles. The predicted octanol–water partition coefficient (Wildman–Crippen LogP) is 5.73. The van der Waals surface area contributed by atoms with Crippen molar-refractivity contribution < 1.29 is 9.59 Å². The second kappa shape index (κ2) is 11.1. The van der Waals surface area contributed by atoms with E-state index >= 15 is 0 Å². The lowest BCUT2D eigenvalue weighted by atomic mass is 9.69. The zero-order valence-electron chi connectivity index (χ0n) is 22.1. The molecule has 4 nitrogen and oxygen atoms in total. The fraction of sp³-hybridized carbons (Fsp3) is 0.933. The first-order chi connectivity index (χ1) is 16.5. The smallest absolute Gasteiger partial charge is 0.141 e. The summed E-state index contributed by atoms with van der Waals surface area (Å²) < 4.78 is 0. The molecule has 1 aliphatic carbocycles. The summed E-state index contributed by atoms with van der Waals surface area (Å²) in [5, 5.41) is 0. The number of Topliss-reactive ketones (excluding diaryl/α,β-unsaturated/α-hetero) is 2. The molecule has 5 aliphatic rings. The minimum atomic E-state index is 0.224. The number of carbonyl (C=O) groups is 2. The molecule has 5 rings (SSSR count). The van der Waals surface area contributed by atoms with Crippen LogP contribution in [0.2, 0.25) is 0 Å². The van der Waals surface area contributed by atoms with Crippen LogP contribution in [-0.4, -0.2) is 59.6 Å². The maximum absolute atomic E-state index is 13.3. The zero-order valence-corrected chi connectivity index (χ0v) is 22.1. The van der Waals surface area contributed by atoms with Crippen LogP contribution in [0.4, 0.5) is 0 Å². The van der Waals surface area contributed by atoms with Crippen LogP contribution in [0.15, 0.2) is 0 Å². The lowest BCUT2D eigenvalue weighted by Crippen LogP contribution is -2.58. The van der Waals surface area contributed by atoms with Crippen LogP contribution >= 0.6 is 0 Å². The van der Waals surface area contributed by atoms with E-state index in [0.29, 0.717) is 35.5 Å². The van der Waals surface area contributed by atoms with Crippen LogP contribution < -0.4 is 0 Å². The number of rotatable bonds is 0. The Morgan fingerprint density at radius 3 is 1.35 bits per heavy atom. The second-order valence-corrected chi connectivity index (χ2v) is 12.9. The third-order valence-electron chi connectivity index (χ3n) is 10.6. The average molecular weight is 471 g/mol. The highest BCUT2D eigenvalue weighted by Crippen LogP contribution is 2.42. The quantitative estimate of drug-likeness (QED) is 0.453. The molecule has 0 spiro atoms. The van der Waals surface area contributed by atoms with Gasteiger partial charge in [-0.15, -0.1) is 0 Å². The van der Waals surface area contributed by atoms with Crippen molar-refractivity contribution >= 4 is 11.6 Å². The molecule has 0 aromatic heterocycles. The number of hydrogen-bond acceptors (Lipinski definition) is 4. The summed E-state index contributed by atoms with van der Waals surface area (Å²) in [5.74, 6) is 3.59. The molecule has 0 radical (unpaired) electrons. The van der Waals surface area contributed by atoms with Crippen LogP contribution in [0, 0.1) is 35.5 Å². The van der Waals surface area contributed by atoms with Crippen molar-refractivity contribution in [2.45, 2.75) is 116 Å². The standard InChI is InChI=1S/C30H50N2O2/c1-21-19-31-17-9-13-23-11-6-4-8-16-26-28-24(14-10-18-32(28)20-22(2)30(26)34)12-5-3-7-15-25(27(23)31)29(21)33/h21-28H,3-20H2,1-2H3/t21-,22-,23-,24+,25+,26-,27+,28+/m0/s1. The van der Waals surface area contributed by atoms with Crippen LogP contribution in [0.1, 0.15) is 104 Å². The minimum Gasteiger partial charge on any atom is -0.299 e. The summed E-state index contributed by atoms with van der Waals surface area (Å²) in [6, 6.07) is 1.03. The molecule has 4 saturated heterocycles. The maximum atomic E-state index is 13.3. The van der Waals surface area contributed by atoms with Crippen LogP contribution in [0.5, 0.6) is 0 Å². The van der Waals surface area contributed by atoms with Crippen molar-refractivity contribution in [3.05, 3.63) is 0 Å². The highest BCUT2D eigenvalue weighted by atomic mass is 16.1. The molecule has 34 heavy (non-hydrogen) atoms. The number of piperidine rings is 4. The third kappa shape index (κ3) is 5.05. The predicted molar refractivity (Wildman–Crippen MR) is 138 cm³/mol. The summed E-state index contributed by atoms with van der Waals surface area (Å²) in [4.78, 5) is 32.1. The topological polar surface area (TPSA) is 40.6 Å². The van der Waals surface area contributed by atoms with Gasteiger partial charge in [0.05, 0.1) is 0 Å². The number of carbonyl (C=O) groups excluding carboxylic acids is 2. The van der Waals surface area contributed by atoms with Gasteiger partial charge in [0.2, 0.25) is 0 Å². The molecule has 8 atom stereocenters. The van der Waals surface area contributed by atoms with Gasteiger partial charge in [-0.05, 0) is 76.3 Å². The van der Waals surface area contributed by atoms with E-state index in [9.17, 15) is 9.59 Å². The van der Waals surface area contributed by atoms with Gasteiger partial charge < -0.3 is 0 Å². The van der Waals surface area contributed by atoms with Gasteiger partial charge >= 0.3 is 0 Å². The summed E-state index contributed by atoms with van der Waals surface area (Å²) in [5.41, 5.74) is 0. The summed E-state index contributed by atoms with van der Waals surface area (Å²) >= 11 is 0. The highest BCUT2D eigenvalue weighted by molar-refractivity contribution is 5.85. The molecule has 4 heteroatoms. The van der Waals surface area contributed by atoms with E-state index in [1.165, 1.54) is 90.1 Å². The molecule has 0 aromatic carbocycles. The van der Waals surface area contributed by atoms with E-state index in [-0.39, 0.29) is 23.7 Å². The van der Waals surface area contributed by atoms with Gasteiger partial charge in [-0.3, -0.25) is 19.4 Å². The van der Waals surface area contributed by atoms with Gasteiger partial charge in [-0.2, -0.15) is 0 Å². The van der Waals surface area contributed by atoms with Crippen LogP contribution in [-0.2, 0) is 9.59 Å². The van der Waals surface area contributed by atoms with Crippen molar-refractivity contribution in [3.63, 3.8) is 0 Å². The van der Waals surface area contributed by atoms with Crippen molar-refractivity contribution in [3.8, 4) is 0 Å². The molecule has 0 aromatic rings.